The van der Waals surface area contributed by atoms with Gasteiger partial charge in [-0.25, -0.2) is 5.01 Å². The van der Waals surface area contributed by atoms with Gasteiger partial charge in [-0.15, -0.1) is 0 Å². The first-order valence-electron chi connectivity index (χ1n) is 7.20. The third-order valence-electron chi connectivity index (χ3n) is 3.63. The number of nitrogens with zero attached hydrogens (tertiary/aromatic N) is 1. The fourth-order valence-corrected chi connectivity index (χ4v) is 3.28. The number of aromatic hydroxyl groups is 1. The molecule has 2 aromatic rings. The normalized spacial score (nSPS) is 15.5. The first-order chi connectivity index (χ1) is 12.3. The summed E-state index contributed by atoms with van der Waals surface area (Å²) >= 11 is 13.8. The third-order valence-corrected chi connectivity index (χ3v) is 5.20. The van der Waals surface area contributed by atoms with Gasteiger partial charge in [0.2, 0.25) is 0 Å². The number of phenols is 1. The van der Waals surface area contributed by atoms with E-state index in [1.54, 1.807) is 12.1 Å². The van der Waals surface area contributed by atoms with Gasteiger partial charge in [-0.1, -0.05) is 23.2 Å². The van der Waals surface area contributed by atoms with Crippen LogP contribution in [-0.2, 0) is 9.59 Å². The molecule has 134 valence electrons. The van der Waals surface area contributed by atoms with Gasteiger partial charge >= 0.3 is 0 Å². The van der Waals surface area contributed by atoms with Crippen LogP contribution in [0.15, 0.2) is 35.9 Å². The monoisotopic (exact) mass is 504 g/mol. The van der Waals surface area contributed by atoms with Crippen molar-refractivity contribution in [2.24, 2.45) is 0 Å². The number of hydrogen-bond donors (Lipinski definition) is 2. The van der Waals surface area contributed by atoms with E-state index in [0.29, 0.717) is 19.8 Å². The molecule has 0 unspecified atom stereocenters. The van der Waals surface area contributed by atoms with Crippen molar-refractivity contribution in [3.8, 4) is 11.5 Å². The minimum Gasteiger partial charge on any atom is -0.504 e. The first-order valence-corrected chi connectivity index (χ1v) is 9.04. The number of nitrogens with one attached hydrogen (secondary N) is 1. The Bertz CT molecular complexity index is 962. The van der Waals surface area contributed by atoms with Gasteiger partial charge in [0, 0.05) is 0 Å². The molecule has 0 aromatic heterocycles. The molecule has 3 rings (SSSR count). The lowest BCUT2D eigenvalue weighted by Crippen LogP contribution is -2.35. The number of ether oxygens (including phenoxy) is 1. The average Bonchev–Trinajstić information content (AvgIpc) is 2.88. The second kappa shape index (κ2) is 7.34. The van der Waals surface area contributed by atoms with Gasteiger partial charge < -0.3 is 9.84 Å². The van der Waals surface area contributed by atoms with Crippen molar-refractivity contribution in [1.29, 1.82) is 0 Å². The Kier molecular flexibility index (Phi) is 5.31. The van der Waals surface area contributed by atoms with E-state index in [9.17, 15) is 14.7 Å². The maximum absolute atomic E-state index is 12.6. The minimum absolute atomic E-state index is 0.00474. The molecule has 6 nitrogen and oxygen atoms in total. The summed E-state index contributed by atoms with van der Waals surface area (Å²) in [4.78, 5) is 24.9. The lowest BCUT2D eigenvalue weighted by molar-refractivity contribution is -0.117. The topological polar surface area (TPSA) is 78.9 Å². The SMILES string of the molecule is COc1cc(/C=C2\C(=O)NN(c3ccc(Cl)c(Cl)c3)C2=O)cc(I)c1O. The zero-order valence-electron chi connectivity index (χ0n) is 13.2. The summed E-state index contributed by atoms with van der Waals surface area (Å²) < 4.78 is 5.62. The highest BCUT2D eigenvalue weighted by atomic mass is 127. The van der Waals surface area contributed by atoms with E-state index in [-0.39, 0.29) is 22.1 Å². The average molecular weight is 505 g/mol. The van der Waals surface area contributed by atoms with Crippen LogP contribution in [0.3, 0.4) is 0 Å². The molecule has 26 heavy (non-hydrogen) atoms. The highest BCUT2D eigenvalue weighted by molar-refractivity contribution is 14.1. The molecule has 1 aliphatic heterocycles. The fourth-order valence-electron chi connectivity index (χ4n) is 2.36. The van der Waals surface area contributed by atoms with Crippen molar-refractivity contribution in [3.63, 3.8) is 0 Å². The minimum atomic E-state index is -0.553. The van der Waals surface area contributed by atoms with E-state index in [1.165, 1.54) is 31.4 Å². The van der Waals surface area contributed by atoms with Crippen LogP contribution in [0, 0.1) is 3.57 Å². The Morgan fingerprint density at radius 3 is 2.58 bits per heavy atom. The molecule has 0 bridgehead atoms. The third kappa shape index (κ3) is 3.46. The molecule has 2 aromatic carbocycles. The van der Waals surface area contributed by atoms with E-state index >= 15 is 0 Å². The lowest BCUT2D eigenvalue weighted by Gasteiger charge is -2.15. The Balaban J connectivity index is 1.98. The summed E-state index contributed by atoms with van der Waals surface area (Å²) in [6.45, 7) is 0. The van der Waals surface area contributed by atoms with Crippen LogP contribution in [0.1, 0.15) is 5.56 Å². The van der Waals surface area contributed by atoms with Crippen LogP contribution < -0.4 is 15.2 Å². The van der Waals surface area contributed by atoms with Gasteiger partial charge in [-0.2, -0.15) is 0 Å². The van der Waals surface area contributed by atoms with Crippen LogP contribution in [-0.4, -0.2) is 24.0 Å². The van der Waals surface area contributed by atoms with Crippen molar-refractivity contribution < 1.29 is 19.4 Å². The maximum Gasteiger partial charge on any atom is 0.282 e. The van der Waals surface area contributed by atoms with Crippen LogP contribution in [0.2, 0.25) is 10.0 Å². The van der Waals surface area contributed by atoms with Crippen molar-refractivity contribution in [2.45, 2.75) is 0 Å². The summed E-state index contributed by atoms with van der Waals surface area (Å²) in [5, 5.41) is 11.6. The van der Waals surface area contributed by atoms with Gasteiger partial charge in [0.15, 0.2) is 11.5 Å². The van der Waals surface area contributed by atoms with E-state index < -0.39 is 11.8 Å². The predicted molar refractivity (Wildman–Crippen MR) is 107 cm³/mol. The lowest BCUT2D eigenvalue weighted by atomic mass is 10.1. The zero-order chi connectivity index (χ0) is 19.0. The molecule has 9 heteroatoms. The van der Waals surface area contributed by atoms with E-state index in [4.69, 9.17) is 27.9 Å². The molecule has 1 aliphatic rings. The number of amides is 2. The van der Waals surface area contributed by atoms with Crippen LogP contribution in [0.25, 0.3) is 6.08 Å². The molecule has 1 saturated heterocycles. The molecule has 2 N–H and O–H groups in total. The maximum atomic E-state index is 12.6. The highest BCUT2D eigenvalue weighted by Crippen LogP contribution is 2.34. The number of halogens is 3. The van der Waals surface area contributed by atoms with Crippen molar-refractivity contribution in [1.82, 2.24) is 5.43 Å². The summed E-state index contributed by atoms with van der Waals surface area (Å²) in [5.41, 5.74) is 3.36. The predicted octanol–water partition coefficient (Wildman–Crippen LogP) is 3.77. The standard InChI is InChI=1S/C17H11Cl2IN2O4/c1-26-14-6-8(5-13(20)15(14)23)4-10-16(24)21-22(17(10)25)9-2-3-11(18)12(19)7-9/h2-7,23H,1H3,(H,21,24)/b10-4+. The molecule has 0 radical (unpaired) electrons. The van der Waals surface area contributed by atoms with Crippen LogP contribution in [0.4, 0.5) is 5.69 Å². The van der Waals surface area contributed by atoms with Crippen molar-refractivity contribution in [3.05, 3.63) is 55.1 Å². The Hall–Kier alpha value is -1.97. The van der Waals surface area contributed by atoms with E-state index in [1.807, 2.05) is 22.6 Å². The molecule has 1 heterocycles. The van der Waals surface area contributed by atoms with Gasteiger partial charge in [-0.3, -0.25) is 15.0 Å². The summed E-state index contributed by atoms with van der Waals surface area (Å²) in [6, 6.07) is 7.76. The largest absolute Gasteiger partial charge is 0.504 e. The Labute approximate surface area is 172 Å². The van der Waals surface area contributed by atoms with Crippen LogP contribution >= 0.6 is 45.8 Å². The first kappa shape index (κ1) is 18.8. The fraction of sp³-hybridized carbons (Fsp3) is 0.0588. The number of hydrogen-bond acceptors (Lipinski definition) is 4. The van der Waals surface area contributed by atoms with Gasteiger partial charge in [0.1, 0.15) is 5.57 Å². The van der Waals surface area contributed by atoms with E-state index in [0.717, 1.165) is 5.01 Å². The number of carbonyl (C=O) groups is 2. The second-order valence-corrected chi connectivity index (χ2v) is 7.27. The summed E-state index contributed by atoms with van der Waals surface area (Å²) in [7, 11) is 1.42. The number of phenolic OH excluding ortho intramolecular Hbond substituents is 1. The van der Waals surface area contributed by atoms with Crippen molar-refractivity contribution in [2.75, 3.05) is 12.1 Å². The van der Waals surface area contributed by atoms with Gasteiger partial charge in [0.25, 0.3) is 11.8 Å². The molecule has 0 saturated carbocycles. The number of hydrazine groups is 1. The molecule has 1 fully saturated rings. The second-order valence-electron chi connectivity index (χ2n) is 5.29. The molecule has 0 atom stereocenters. The summed E-state index contributed by atoms with van der Waals surface area (Å²) in [6.07, 6.45) is 1.43. The molecular weight excluding hydrogens is 494 g/mol. The zero-order valence-corrected chi connectivity index (χ0v) is 16.9. The quantitative estimate of drug-likeness (QED) is 0.379. The smallest absolute Gasteiger partial charge is 0.282 e. The number of rotatable bonds is 3. The molecule has 0 aliphatic carbocycles. The number of methoxy groups -OCH3 is 1. The van der Waals surface area contributed by atoms with Gasteiger partial charge in [-0.05, 0) is 64.6 Å². The highest BCUT2D eigenvalue weighted by Gasteiger charge is 2.34. The number of benzene rings is 2. The number of carbonyl (C=O) groups excluding carboxylic acids is 2. The Morgan fingerprint density at radius 1 is 1.19 bits per heavy atom. The van der Waals surface area contributed by atoms with Crippen LogP contribution in [0.5, 0.6) is 11.5 Å². The Morgan fingerprint density at radius 2 is 1.92 bits per heavy atom. The van der Waals surface area contributed by atoms with Crippen molar-refractivity contribution >= 4 is 69.4 Å². The molecular formula is C17H11Cl2IN2O4. The molecule has 2 amide bonds. The molecule has 0 spiro atoms. The number of anilines is 1. The summed E-state index contributed by atoms with van der Waals surface area (Å²) in [5.74, 6) is -0.843. The van der Waals surface area contributed by atoms with E-state index in [2.05, 4.69) is 5.43 Å². The van der Waals surface area contributed by atoms with Gasteiger partial charge in [0.05, 0.1) is 26.4 Å².